The molecule has 462 valence electrons. The number of fused-ring (bicyclic) bond motifs is 6. The Hall–Kier alpha value is -6.09. The standard InChI is InChI=1S/C67H90N8O9SSi/c1-14-73-55-30-27-46-37-51(55)52(60(73)50-21-17-31-68-57(50)42(3)82-11)38-67(7,8)40-83-65(80)53-22-18-32-74(70-53)63(78)54(35-43-33-47(46)36-48(34-43)84-86(12,13)66(4,5)6)69-62(77)59(44-19-15-16-20-44)72(10)56(76)39-71(9)64(79)61-58(45-25-26-45)75(61)85(81)49-28-23-41(2)24-29-49/h17,21,23-24,27-31,33-34,36-37,42,44-45,53-54,58-59,61,70H,14-16,18-20,22,25-26,32,35,38-40H2,1-13H3,(H,69,77)/t42-,53-,54-,58+,59-,61+,75?,85+/m0/s1. The third kappa shape index (κ3) is 13.2. The summed E-state index contributed by atoms with van der Waals surface area (Å²) in [7, 11) is 2.44. The monoisotopic (exact) mass is 1210 g/mol. The SMILES string of the molecule is CCn1c(-c2cccnc2[C@H](C)OC)c2c3cc(ccc31)-c1cc(cc(O[Si](C)(C)C(C)(C)C)c1)C[C@H](NC(=O)[C@H](C1CCCC1)N(C)C(=O)CN(C)C(=O)[C@H]1[C@@H](C3CC3)N1[S@+]([O-])c1ccc(C)cc1)C(=O)N1CCC[C@H](N1)C(=O)OCC(C)(C)C2. The lowest BCUT2D eigenvalue weighted by Crippen LogP contribution is -2.62. The van der Waals surface area contributed by atoms with Crippen molar-refractivity contribution in [3.05, 3.63) is 101 Å². The lowest BCUT2D eigenvalue weighted by molar-refractivity contribution is -0.155. The van der Waals surface area contributed by atoms with Crippen LogP contribution in [0.5, 0.6) is 5.75 Å². The van der Waals surface area contributed by atoms with Gasteiger partial charge in [-0.1, -0.05) is 77.3 Å². The van der Waals surface area contributed by atoms with Gasteiger partial charge in [0.15, 0.2) is 10.9 Å². The van der Waals surface area contributed by atoms with Crippen LogP contribution in [0.25, 0.3) is 33.3 Å². The molecule has 2 saturated carbocycles. The second-order valence-electron chi connectivity index (χ2n) is 27.3. The third-order valence-electron chi connectivity index (χ3n) is 19.1. The lowest BCUT2D eigenvalue weighted by atomic mass is 9.84. The van der Waals surface area contributed by atoms with E-state index in [1.807, 2.05) is 50.2 Å². The van der Waals surface area contributed by atoms with Crippen LogP contribution in [0.2, 0.25) is 18.1 Å². The Labute approximate surface area is 512 Å². The number of rotatable bonds is 16. The Bertz CT molecular complexity index is 3350. The van der Waals surface area contributed by atoms with Gasteiger partial charge in [0.2, 0.25) is 26.0 Å². The number of methoxy groups -OCH3 is 1. The highest BCUT2D eigenvalue weighted by Gasteiger charge is 2.67. The van der Waals surface area contributed by atoms with Gasteiger partial charge in [0, 0.05) is 68.8 Å². The second-order valence-corrected chi connectivity index (χ2v) is 33.4. The largest absolute Gasteiger partial charge is 0.593 e. The fraction of sp³-hybridized carbons (Fsp3) is 0.552. The number of ether oxygens (including phenoxy) is 2. The lowest BCUT2D eigenvalue weighted by Gasteiger charge is -2.37. The molecule has 8 atom stereocenters. The van der Waals surface area contributed by atoms with E-state index in [9.17, 15) is 18.9 Å². The minimum Gasteiger partial charge on any atom is -0.593 e. The maximum atomic E-state index is 15.4. The number of likely N-dealkylation sites (N-methyl/N-ethyl adjacent to an activating group) is 2. The summed E-state index contributed by atoms with van der Waals surface area (Å²) in [4.78, 5) is 82.5. The van der Waals surface area contributed by atoms with Crippen molar-refractivity contribution in [1.29, 1.82) is 0 Å². The van der Waals surface area contributed by atoms with Crippen molar-refractivity contribution < 1.29 is 42.4 Å². The van der Waals surface area contributed by atoms with Crippen molar-refractivity contribution in [2.75, 3.05) is 40.9 Å². The fourth-order valence-corrected chi connectivity index (χ4v) is 15.4. The third-order valence-corrected chi connectivity index (χ3v) is 25.0. The van der Waals surface area contributed by atoms with Gasteiger partial charge in [-0.05, 0) is 166 Å². The number of cyclic esters (lactones) is 1. The molecule has 3 aliphatic heterocycles. The molecule has 6 bridgehead atoms. The highest BCUT2D eigenvalue weighted by molar-refractivity contribution is 7.89. The van der Waals surface area contributed by atoms with Crippen LogP contribution < -0.4 is 15.2 Å². The van der Waals surface area contributed by atoms with Gasteiger partial charge in [0.25, 0.3) is 5.91 Å². The zero-order valence-corrected chi connectivity index (χ0v) is 54.6. The van der Waals surface area contributed by atoms with Crippen LogP contribution in [0.3, 0.4) is 0 Å². The molecule has 1 unspecified atom stereocenters. The Morgan fingerprint density at radius 3 is 2.36 bits per heavy atom. The van der Waals surface area contributed by atoms with Crippen molar-refractivity contribution in [3.8, 4) is 28.1 Å². The molecular weight excluding hydrogens is 1120 g/mol. The summed E-state index contributed by atoms with van der Waals surface area (Å²) in [5, 5.41) is 5.56. The molecule has 2 saturated heterocycles. The number of amides is 4. The van der Waals surface area contributed by atoms with Crippen molar-refractivity contribution in [1.82, 2.24) is 39.4 Å². The maximum Gasteiger partial charge on any atom is 0.324 e. The highest BCUT2D eigenvalue weighted by atomic mass is 32.2. The molecule has 0 radical (unpaired) electrons. The van der Waals surface area contributed by atoms with Gasteiger partial charge in [0.1, 0.15) is 23.9 Å². The van der Waals surface area contributed by atoms with Crippen molar-refractivity contribution >= 4 is 60.2 Å². The van der Waals surface area contributed by atoms with Gasteiger partial charge < -0.3 is 38.1 Å². The summed E-state index contributed by atoms with van der Waals surface area (Å²) in [6.07, 6.45) is 8.11. The summed E-state index contributed by atoms with van der Waals surface area (Å²) in [6.45, 7) is 22.1. The van der Waals surface area contributed by atoms with Gasteiger partial charge in [-0.3, -0.25) is 34.0 Å². The van der Waals surface area contributed by atoms with E-state index in [1.54, 1.807) is 31.7 Å². The molecule has 19 heteroatoms. The van der Waals surface area contributed by atoms with E-state index in [1.165, 1.54) is 14.8 Å². The van der Waals surface area contributed by atoms with E-state index in [4.69, 9.17) is 18.9 Å². The fourth-order valence-electron chi connectivity index (χ4n) is 12.9. The molecule has 3 aromatic carbocycles. The predicted octanol–water partition coefficient (Wildman–Crippen LogP) is 10.1. The molecule has 86 heavy (non-hydrogen) atoms. The number of benzene rings is 3. The van der Waals surface area contributed by atoms with Gasteiger partial charge in [0.05, 0.1) is 48.0 Å². The molecule has 4 amide bonds. The van der Waals surface area contributed by atoms with Gasteiger partial charge >= 0.3 is 5.97 Å². The normalized spacial score (nSPS) is 23.0. The summed E-state index contributed by atoms with van der Waals surface area (Å²) in [5.41, 5.74) is 11.2. The quantitative estimate of drug-likeness (QED) is 0.0412. The summed E-state index contributed by atoms with van der Waals surface area (Å²) in [6, 6.07) is 20.5. The predicted molar refractivity (Wildman–Crippen MR) is 337 cm³/mol. The van der Waals surface area contributed by atoms with E-state index in [-0.39, 0.29) is 61.0 Å². The van der Waals surface area contributed by atoms with E-state index in [0.717, 1.165) is 81.4 Å². The van der Waals surface area contributed by atoms with Crippen LogP contribution in [-0.4, -0.2) is 142 Å². The van der Waals surface area contributed by atoms with Crippen molar-refractivity contribution in [2.24, 2.45) is 17.3 Å². The molecule has 5 heterocycles. The number of pyridine rings is 1. The highest BCUT2D eigenvalue weighted by Crippen LogP contribution is 2.51. The van der Waals surface area contributed by atoms with Gasteiger partial charge in [-0.15, -0.1) is 4.31 Å². The van der Waals surface area contributed by atoms with E-state index >= 15 is 9.59 Å². The van der Waals surface area contributed by atoms with Crippen molar-refractivity contribution in [2.45, 2.75) is 185 Å². The second kappa shape index (κ2) is 25.2. The number of carbonyl (C=O) groups is 5. The molecule has 5 aliphatic rings. The Morgan fingerprint density at radius 2 is 1.69 bits per heavy atom. The first kappa shape index (κ1) is 62.9. The van der Waals surface area contributed by atoms with E-state index in [2.05, 4.69) is 106 Å². The first-order valence-electron chi connectivity index (χ1n) is 31.1. The van der Waals surface area contributed by atoms with Crippen LogP contribution >= 0.6 is 0 Å². The molecule has 2 aromatic heterocycles. The number of hydrogen-bond donors (Lipinski definition) is 2. The molecule has 5 aromatic rings. The Morgan fingerprint density at radius 1 is 0.965 bits per heavy atom. The first-order chi connectivity index (χ1) is 40.8. The summed E-state index contributed by atoms with van der Waals surface area (Å²) < 4.78 is 37.3. The van der Waals surface area contributed by atoms with Gasteiger partial charge in [-0.2, -0.15) is 0 Å². The Kier molecular flexibility index (Phi) is 18.4. The molecule has 10 rings (SSSR count). The maximum absolute atomic E-state index is 15.4. The van der Waals surface area contributed by atoms with Crippen LogP contribution in [0.1, 0.15) is 128 Å². The number of carbonyl (C=O) groups excluding carboxylic acids is 5. The molecule has 2 aliphatic carbocycles. The van der Waals surface area contributed by atoms with Crippen LogP contribution in [0.4, 0.5) is 0 Å². The van der Waals surface area contributed by atoms with Crippen LogP contribution in [0.15, 0.2) is 83.9 Å². The first-order valence-corrected chi connectivity index (χ1v) is 35.1. The number of hydrogen-bond acceptors (Lipinski definition) is 12. The molecule has 0 spiro atoms. The number of hydrazine groups is 1. The average Bonchev–Trinajstić information content (AvgIpc) is 1.62. The minimum absolute atomic E-state index is 0.0510. The molecule has 4 fully saturated rings. The minimum atomic E-state index is -2.47. The number of aryl methyl sites for hydroxylation is 2. The molecule has 2 N–H and O–H groups in total. The van der Waals surface area contributed by atoms with Crippen molar-refractivity contribution in [3.63, 3.8) is 0 Å². The molecule has 17 nitrogen and oxygen atoms in total. The topological polar surface area (TPSA) is 191 Å². The van der Waals surface area contributed by atoms with Crippen LogP contribution in [0, 0.1) is 24.2 Å². The number of nitrogens with one attached hydrogen (secondary N) is 2. The van der Waals surface area contributed by atoms with Gasteiger partial charge in [-0.25, -0.2) is 5.43 Å². The Balaban J connectivity index is 1.02. The zero-order chi connectivity index (χ0) is 61.7. The summed E-state index contributed by atoms with van der Waals surface area (Å²) >= 11 is -1.55. The summed E-state index contributed by atoms with van der Waals surface area (Å²) in [5.74, 6) is -1.38. The number of nitrogens with zero attached hydrogens (tertiary/aromatic N) is 6. The zero-order valence-electron chi connectivity index (χ0n) is 52.8. The number of aromatic nitrogens is 2. The number of esters is 1. The molecular formula is C67H90N8O9SSi. The smallest absolute Gasteiger partial charge is 0.324 e. The van der Waals surface area contributed by atoms with Crippen LogP contribution in [-0.2, 0) is 64.2 Å². The van der Waals surface area contributed by atoms with E-state index < -0.39 is 73.0 Å². The van der Waals surface area contributed by atoms with E-state index in [0.29, 0.717) is 49.3 Å². The average molecular weight is 1210 g/mol.